The zero-order valence-corrected chi connectivity index (χ0v) is 16.1. The number of benzene rings is 1. The summed E-state index contributed by atoms with van der Waals surface area (Å²) < 4.78 is 44.0. The molecule has 1 spiro atoms. The molecule has 7 nitrogen and oxygen atoms in total. The Kier molecular flexibility index (Phi) is 5.00. The van der Waals surface area contributed by atoms with Crippen molar-refractivity contribution in [2.45, 2.75) is 43.9 Å². The van der Waals surface area contributed by atoms with Crippen molar-refractivity contribution in [1.82, 2.24) is 4.98 Å². The summed E-state index contributed by atoms with van der Waals surface area (Å²) >= 11 is 0. The highest BCUT2D eigenvalue weighted by Crippen LogP contribution is 2.40. The van der Waals surface area contributed by atoms with Gasteiger partial charge in [-0.3, -0.25) is 4.90 Å². The first-order chi connectivity index (χ1) is 14.3. The van der Waals surface area contributed by atoms with Crippen molar-refractivity contribution in [2.24, 2.45) is 21.5 Å². The van der Waals surface area contributed by atoms with Crippen LogP contribution in [-0.4, -0.2) is 22.6 Å². The molecular weight excluding hydrogens is 397 g/mol. The van der Waals surface area contributed by atoms with Gasteiger partial charge in [-0.1, -0.05) is 12.5 Å². The Hall–Kier alpha value is -3.30. The number of aliphatic imine (C=N–C) groups is 2. The van der Waals surface area contributed by atoms with Crippen LogP contribution < -0.4 is 21.1 Å². The van der Waals surface area contributed by atoms with Crippen molar-refractivity contribution in [3.05, 3.63) is 48.2 Å². The number of ether oxygens (including phenoxy) is 1. The van der Waals surface area contributed by atoms with Gasteiger partial charge in [0.2, 0.25) is 17.8 Å². The predicted octanol–water partition coefficient (Wildman–Crippen LogP) is 4.00. The molecule has 1 saturated carbocycles. The Balaban J connectivity index is 1.58. The molecule has 0 bridgehead atoms. The molecule has 158 valence electrons. The number of anilines is 1. The highest BCUT2D eigenvalue weighted by atomic mass is 19.4. The van der Waals surface area contributed by atoms with E-state index in [0.29, 0.717) is 5.75 Å². The van der Waals surface area contributed by atoms with Crippen molar-refractivity contribution < 1.29 is 17.9 Å². The Morgan fingerprint density at radius 1 is 0.967 bits per heavy atom. The zero-order chi connectivity index (χ0) is 21.4. The molecule has 4 rings (SSSR count). The lowest BCUT2D eigenvalue weighted by molar-refractivity contribution is -0.141. The summed E-state index contributed by atoms with van der Waals surface area (Å²) in [6.07, 6.45) is 0.197. The number of pyridine rings is 1. The highest BCUT2D eigenvalue weighted by molar-refractivity contribution is 6.05. The lowest BCUT2D eigenvalue weighted by Gasteiger charge is -2.45. The number of nitrogens with zero attached hydrogens (tertiary/aromatic N) is 4. The molecule has 1 aromatic heterocycles. The van der Waals surface area contributed by atoms with Gasteiger partial charge in [0, 0.05) is 11.8 Å². The third-order valence-electron chi connectivity index (χ3n) is 5.18. The van der Waals surface area contributed by atoms with Gasteiger partial charge in [-0.25, -0.2) is 9.98 Å². The quantitative estimate of drug-likeness (QED) is 0.784. The number of guanidine groups is 2. The van der Waals surface area contributed by atoms with Crippen molar-refractivity contribution >= 4 is 17.6 Å². The van der Waals surface area contributed by atoms with E-state index in [1.54, 1.807) is 24.3 Å². The number of nitrogens with two attached hydrogens (primary N) is 2. The van der Waals surface area contributed by atoms with Gasteiger partial charge in [0.1, 0.15) is 17.1 Å². The fourth-order valence-electron chi connectivity index (χ4n) is 3.91. The van der Waals surface area contributed by atoms with Crippen molar-refractivity contribution in [1.29, 1.82) is 0 Å². The van der Waals surface area contributed by atoms with Crippen LogP contribution in [0.2, 0.25) is 0 Å². The van der Waals surface area contributed by atoms with Crippen LogP contribution >= 0.6 is 0 Å². The fraction of sp³-hybridized carbons (Fsp3) is 0.350. The first-order valence-corrected chi connectivity index (χ1v) is 9.59. The fourth-order valence-corrected chi connectivity index (χ4v) is 3.91. The lowest BCUT2D eigenvalue weighted by Crippen LogP contribution is -2.58. The average molecular weight is 418 g/mol. The molecule has 1 fully saturated rings. The summed E-state index contributed by atoms with van der Waals surface area (Å²) in [5.74, 6) is 0.635. The van der Waals surface area contributed by atoms with Gasteiger partial charge < -0.3 is 16.2 Å². The van der Waals surface area contributed by atoms with E-state index >= 15 is 0 Å². The summed E-state index contributed by atoms with van der Waals surface area (Å²) in [4.78, 5) is 14.1. The van der Waals surface area contributed by atoms with Gasteiger partial charge in [0.25, 0.3) is 0 Å². The van der Waals surface area contributed by atoms with Crippen LogP contribution in [0.25, 0.3) is 0 Å². The number of halogens is 3. The monoisotopic (exact) mass is 418 g/mol. The van der Waals surface area contributed by atoms with Gasteiger partial charge in [0.15, 0.2) is 0 Å². The number of hydrogen-bond donors (Lipinski definition) is 2. The first-order valence-electron chi connectivity index (χ1n) is 9.59. The Bertz CT molecular complexity index is 981. The molecule has 0 amide bonds. The van der Waals surface area contributed by atoms with Crippen LogP contribution in [0.4, 0.5) is 18.9 Å². The number of hydrogen-bond acceptors (Lipinski definition) is 7. The molecule has 2 aromatic rings. The minimum atomic E-state index is -4.54. The van der Waals surface area contributed by atoms with Crippen molar-refractivity contribution in [2.75, 3.05) is 4.90 Å². The van der Waals surface area contributed by atoms with E-state index in [0.717, 1.165) is 43.9 Å². The maximum atomic E-state index is 12.8. The van der Waals surface area contributed by atoms with Crippen molar-refractivity contribution in [3.63, 3.8) is 0 Å². The molecule has 10 heteroatoms. The second kappa shape index (κ2) is 7.51. The molecule has 1 aliphatic carbocycles. The maximum Gasteiger partial charge on any atom is 0.433 e. The van der Waals surface area contributed by atoms with Gasteiger partial charge in [0.05, 0.1) is 0 Å². The summed E-state index contributed by atoms with van der Waals surface area (Å²) in [6.45, 7) is 0. The van der Waals surface area contributed by atoms with E-state index in [4.69, 9.17) is 16.2 Å². The number of alkyl halides is 3. The minimum absolute atomic E-state index is 0.141. The first kappa shape index (κ1) is 20.0. The van der Waals surface area contributed by atoms with Gasteiger partial charge >= 0.3 is 6.18 Å². The molecule has 30 heavy (non-hydrogen) atoms. The summed E-state index contributed by atoms with van der Waals surface area (Å²) in [7, 11) is 0. The molecule has 2 heterocycles. The molecule has 0 atom stereocenters. The summed E-state index contributed by atoms with van der Waals surface area (Å²) in [5, 5.41) is 0. The second-order valence-corrected chi connectivity index (χ2v) is 7.27. The van der Waals surface area contributed by atoms with Crippen molar-refractivity contribution in [3.8, 4) is 11.6 Å². The predicted molar refractivity (Wildman–Crippen MR) is 107 cm³/mol. The molecular formula is C20H21F3N6O. The second-order valence-electron chi connectivity index (χ2n) is 7.27. The van der Waals surface area contributed by atoms with Crippen LogP contribution in [0.15, 0.2) is 52.4 Å². The third-order valence-corrected chi connectivity index (χ3v) is 5.18. The molecule has 1 aliphatic heterocycles. The van der Waals surface area contributed by atoms with Crippen LogP contribution in [0.1, 0.15) is 37.8 Å². The zero-order valence-electron chi connectivity index (χ0n) is 16.1. The molecule has 0 saturated heterocycles. The van der Waals surface area contributed by atoms with E-state index in [2.05, 4.69) is 15.0 Å². The molecule has 1 aromatic carbocycles. The van der Waals surface area contributed by atoms with Crippen LogP contribution in [-0.2, 0) is 6.18 Å². The van der Waals surface area contributed by atoms with Gasteiger partial charge in [-0.05, 0) is 56.0 Å². The topological polar surface area (TPSA) is 102 Å². The van der Waals surface area contributed by atoms with E-state index in [1.807, 2.05) is 4.90 Å². The maximum absolute atomic E-state index is 12.8. The van der Waals surface area contributed by atoms with Crippen LogP contribution in [0.3, 0.4) is 0 Å². The highest BCUT2D eigenvalue weighted by Gasteiger charge is 2.42. The van der Waals surface area contributed by atoms with E-state index in [1.165, 1.54) is 12.1 Å². The normalized spacial score (nSPS) is 18.7. The Morgan fingerprint density at radius 2 is 1.67 bits per heavy atom. The summed E-state index contributed by atoms with van der Waals surface area (Å²) in [5.41, 5.74) is 11.2. The summed E-state index contributed by atoms with van der Waals surface area (Å²) in [6, 6.07) is 10.3. The molecule has 0 unspecified atom stereocenters. The third kappa shape index (κ3) is 3.89. The van der Waals surface area contributed by atoms with E-state index < -0.39 is 17.5 Å². The molecule has 2 aliphatic rings. The van der Waals surface area contributed by atoms with Crippen LogP contribution in [0.5, 0.6) is 11.6 Å². The van der Waals surface area contributed by atoms with Gasteiger partial charge in [-0.15, -0.1) is 0 Å². The SMILES string of the molecule is NC1=NC2(CCCCC2)N(c2ccc(Oc3cccc(C(F)(F)F)n3)cc2)C(N)=N1. The average Bonchev–Trinajstić information content (AvgIpc) is 2.69. The smallest absolute Gasteiger partial charge is 0.433 e. The Morgan fingerprint density at radius 3 is 2.33 bits per heavy atom. The largest absolute Gasteiger partial charge is 0.439 e. The number of rotatable bonds is 3. The van der Waals surface area contributed by atoms with E-state index in [9.17, 15) is 13.2 Å². The molecule has 4 N–H and O–H groups in total. The molecule has 0 radical (unpaired) electrons. The van der Waals surface area contributed by atoms with Gasteiger partial charge in [-0.2, -0.15) is 18.2 Å². The number of aromatic nitrogens is 1. The minimum Gasteiger partial charge on any atom is -0.439 e. The Labute approximate surface area is 171 Å². The van der Waals surface area contributed by atoms with Crippen LogP contribution in [0, 0.1) is 0 Å². The standard InChI is InChI=1S/C20H21F3N6O/c21-20(22,23)15-5-4-6-16(26-15)30-14-9-7-13(8-10-14)29-18(25)27-17(24)28-19(29)11-2-1-3-12-19/h4-10H,1-3,11-12H2,(H4,24,25,27,28). The van der Waals surface area contributed by atoms with E-state index in [-0.39, 0.29) is 17.8 Å². The lowest BCUT2D eigenvalue weighted by atomic mass is 9.87.